The highest BCUT2D eigenvalue weighted by molar-refractivity contribution is 5.78. The number of ether oxygens (including phenoxy) is 3. The van der Waals surface area contributed by atoms with E-state index in [1.54, 1.807) is 0 Å². The molecule has 0 fully saturated rings. The molecule has 0 atom stereocenters. The van der Waals surface area contributed by atoms with Crippen molar-refractivity contribution in [3.63, 3.8) is 0 Å². The lowest BCUT2D eigenvalue weighted by Gasteiger charge is -2.13. The van der Waals surface area contributed by atoms with Gasteiger partial charge in [0.2, 0.25) is 0 Å². The molecule has 1 radical (unpaired) electrons. The molecule has 0 saturated heterocycles. The fourth-order valence-electron chi connectivity index (χ4n) is 1.56. The summed E-state index contributed by atoms with van der Waals surface area (Å²) < 4.78 is 15.0. The van der Waals surface area contributed by atoms with Gasteiger partial charge in [0.15, 0.2) is 0 Å². The van der Waals surface area contributed by atoms with E-state index in [-0.39, 0.29) is 17.2 Å². The number of allylic oxidation sites excluding steroid dienone is 1. The molecule has 0 unspecified atom stereocenters. The Kier molecular flexibility index (Phi) is 5.66. The zero-order valence-electron chi connectivity index (χ0n) is 12.0. The third kappa shape index (κ3) is 5.10. The number of rotatable bonds is 4. The molecule has 0 bridgehead atoms. The topological polar surface area (TPSA) is 78.9 Å². The lowest BCUT2D eigenvalue weighted by atomic mass is 10.1. The zero-order valence-corrected chi connectivity index (χ0v) is 12.0. The van der Waals surface area contributed by atoms with Crippen molar-refractivity contribution in [2.24, 2.45) is 0 Å². The monoisotopic (exact) mass is 291 g/mol. The van der Waals surface area contributed by atoms with Gasteiger partial charge in [0.25, 0.3) is 0 Å². The van der Waals surface area contributed by atoms with E-state index in [0.717, 1.165) is 0 Å². The van der Waals surface area contributed by atoms with Crippen LogP contribution in [-0.4, -0.2) is 17.9 Å². The Labute approximate surface area is 122 Å². The van der Waals surface area contributed by atoms with Crippen molar-refractivity contribution >= 4 is 24.0 Å². The summed E-state index contributed by atoms with van der Waals surface area (Å²) in [7, 11) is 0. The number of carbonyl (C=O) groups is 3. The lowest BCUT2D eigenvalue weighted by molar-refractivity contribution is -0.132. The summed E-state index contributed by atoms with van der Waals surface area (Å²) in [5, 5.41) is 0. The van der Waals surface area contributed by atoms with Crippen molar-refractivity contribution in [3.8, 4) is 17.2 Å². The fraction of sp³-hybridized carbons (Fsp3) is 0.200. The first-order valence-electron chi connectivity index (χ1n) is 6.02. The maximum absolute atomic E-state index is 11.2. The lowest BCUT2D eigenvalue weighted by Crippen LogP contribution is -2.08. The Morgan fingerprint density at radius 1 is 0.905 bits per heavy atom. The van der Waals surface area contributed by atoms with E-state index in [9.17, 15) is 14.4 Å². The van der Waals surface area contributed by atoms with Gasteiger partial charge in [0.1, 0.15) is 17.2 Å². The predicted molar refractivity (Wildman–Crippen MR) is 74.8 cm³/mol. The van der Waals surface area contributed by atoms with Crippen LogP contribution in [0.5, 0.6) is 17.2 Å². The summed E-state index contributed by atoms with van der Waals surface area (Å²) in [6, 6.07) is 2.70. The minimum atomic E-state index is -0.567. The minimum Gasteiger partial charge on any atom is -0.426 e. The van der Waals surface area contributed by atoms with Crippen molar-refractivity contribution in [2.45, 2.75) is 20.8 Å². The molecule has 1 aromatic rings. The molecule has 0 amide bonds. The molecular formula is C15H15O6. The fourth-order valence-corrected chi connectivity index (χ4v) is 1.56. The summed E-state index contributed by atoms with van der Waals surface area (Å²) in [5.41, 5.74) is 0.339. The van der Waals surface area contributed by atoms with E-state index in [0.29, 0.717) is 5.56 Å². The Balaban J connectivity index is 3.43. The quantitative estimate of drug-likeness (QED) is 0.625. The van der Waals surface area contributed by atoms with Crippen molar-refractivity contribution in [2.75, 3.05) is 0 Å². The van der Waals surface area contributed by atoms with Crippen LogP contribution in [-0.2, 0) is 14.4 Å². The molecule has 0 aromatic heterocycles. The average molecular weight is 291 g/mol. The number of carbonyl (C=O) groups excluding carboxylic acids is 3. The van der Waals surface area contributed by atoms with Crippen molar-refractivity contribution < 1.29 is 28.6 Å². The maximum Gasteiger partial charge on any atom is 0.308 e. The summed E-state index contributed by atoms with van der Waals surface area (Å²) in [4.78, 5) is 33.3. The van der Waals surface area contributed by atoms with Crippen LogP contribution in [0.25, 0.3) is 6.08 Å². The van der Waals surface area contributed by atoms with Crippen LogP contribution < -0.4 is 14.2 Å². The molecule has 21 heavy (non-hydrogen) atoms. The van der Waals surface area contributed by atoms with Crippen molar-refractivity contribution in [3.05, 3.63) is 30.7 Å². The summed E-state index contributed by atoms with van der Waals surface area (Å²) in [5.74, 6) is -1.41. The van der Waals surface area contributed by atoms with E-state index in [2.05, 4.69) is 6.92 Å². The Morgan fingerprint density at radius 3 is 1.67 bits per heavy atom. The van der Waals surface area contributed by atoms with Gasteiger partial charge in [-0.2, -0.15) is 0 Å². The first-order chi connectivity index (χ1) is 9.83. The number of hydrogen-bond donors (Lipinski definition) is 0. The van der Waals surface area contributed by atoms with Crippen molar-refractivity contribution in [1.82, 2.24) is 0 Å². The third-order valence-electron chi connectivity index (χ3n) is 2.13. The van der Waals surface area contributed by atoms with Crippen LogP contribution in [0, 0.1) is 6.92 Å². The van der Waals surface area contributed by atoms with Crippen LogP contribution in [0.3, 0.4) is 0 Å². The van der Waals surface area contributed by atoms with Crippen LogP contribution in [0.2, 0.25) is 0 Å². The molecular weight excluding hydrogens is 276 g/mol. The van der Waals surface area contributed by atoms with Gasteiger partial charge < -0.3 is 14.2 Å². The molecule has 0 spiro atoms. The summed E-state index contributed by atoms with van der Waals surface area (Å²) in [6.45, 7) is 7.22. The largest absolute Gasteiger partial charge is 0.426 e. The molecule has 0 heterocycles. The standard InChI is InChI=1S/C15H15O6/c1-5-6-13-14(20-10(3)17)7-12(19-9(2)16)8-15(13)21-11(4)18/h5-8H,1H2,2-4H3. The number of esters is 3. The molecule has 0 aliphatic rings. The normalized spacial score (nSPS) is 10.3. The molecule has 0 N–H and O–H groups in total. The first-order valence-corrected chi connectivity index (χ1v) is 6.02. The van der Waals surface area contributed by atoms with E-state index >= 15 is 0 Å². The smallest absolute Gasteiger partial charge is 0.308 e. The maximum atomic E-state index is 11.2. The Morgan fingerprint density at radius 2 is 1.33 bits per heavy atom. The van der Waals surface area contributed by atoms with Gasteiger partial charge in [-0.1, -0.05) is 12.2 Å². The molecule has 111 valence electrons. The predicted octanol–water partition coefficient (Wildman–Crippen LogP) is 2.31. The SMILES string of the molecule is [CH2]C=Cc1c(OC(C)=O)cc(OC(C)=O)cc1OC(C)=O. The Bertz CT molecular complexity index is 563. The summed E-state index contributed by atoms with van der Waals surface area (Å²) in [6.07, 6.45) is 2.95. The molecule has 0 saturated carbocycles. The van der Waals surface area contributed by atoms with Gasteiger partial charge in [-0.15, -0.1) is 0 Å². The van der Waals surface area contributed by atoms with Crippen molar-refractivity contribution in [1.29, 1.82) is 0 Å². The molecule has 1 rings (SSSR count). The molecule has 0 aliphatic heterocycles. The molecule has 1 aromatic carbocycles. The van der Waals surface area contributed by atoms with Gasteiger partial charge in [-0.3, -0.25) is 14.4 Å². The molecule has 6 nitrogen and oxygen atoms in total. The second-order valence-corrected chi connectivity index (χ2v) is 4.02. The van der Waals surface area contributed by atoms with Gasteiger partial charge in [-0.25, -0.2) is 0 Å². The van der Waals surface area contributed by atoms with Gasteiger partial charge in [0.05, 0.1) is 5.56 Å². The van der Waals surface area contributed by atoms with E-state index in [1.807, 2.05) is 0 Å². The highest BCUT2D eigenvalue weighted by Crippen LogP contribution is 2.35. The minimum absolute atomic E-state index is 0.0937. The second kappa shape index (κ2) is 7.23. The van der Waals surface area contributed by atoms with Gasteiger partial charge in [0, 0.05) is 32.9 Å². The number of benzene rings is 1. The Hall–Kier alpha value is -2.63. The van der Waals surface area contributed by atoms with E-state index in [1.165, 1.54) is 45.1 Å². The zero-order chi connectivity index (χ0) is 16.0. The van der Waals surface area contributed by atoms with Gasteiger partial charge in [-0.05, 0) is 6.92 Å². The van der Waals surface area contributed by atoms with Crippen LogP contribution in [0.4, 0.5) is 0 Å². The molecule has 6 heteroatoms. The number of hydrogen-bond acceptors (Lipinski definition) is 6. The average Bonchev–Trinajstić information content (AvgIpc) is 2.31. The first kappa shape index (κ1) is 16.4. The van der Waals surface area contributed by atoms with Crippen LogP contribution in [0.15, 0.2) is 18.2 Å². The van der Waals surface area contributed by atoms with Crippen LogP contribution in [0.1, 0.15) is 26.3 Å². The second-order valence-electron chi connectivity index (χ2n) is 4.02. The summed E-state index contributed by atoms with van der Waals surface area (Å²) >= 11 is 0. The molecule has 0 aliphatic carbocycles. The van der Waals surface area contributed by atoms with Crippen LogP contribution >= 0.6 is 0 Å². The van der Waals surface area contributed by atoms with Gasteiger partial charge >= 0.3 is 17.9 Å². The highest BCUT2D eigenvalue weighted by atomic mass is 16.6. The highest BCUT2D eigenvalue weighted by Gasteiger charge is 2.16. The van der Waals surface area contributed by atoms with E-state index in [4.69, 9.17) is 14.2 Å². The third-order valence-corrected chi connectivity index (χ3v) is 2.13. The van der Waals surface area contributed by atoms with E-state index < -0.39 is 17.9 Å².